The van der Waals surface area contributed by atoms with E-state index in [4.69, 9.17) is 4.74 Å². The fourth-order valence-electron chi connectivity index (χ4n) is 2.77. The van der Waals surface area contributed by atoms with Crippen molar-refractivity contribution in [3.05, 3.63) is 35.4 Å². The summed E-state index contributed by atoms with van der Waals surface area (Å²) in [6.07, 6.45) is 3.24. The maximum absolute atomic E-state index is 12.8. The van der Waals surface area contributed by atoms with E-state index in [0.717, 1.165) is 50.1 Å². The summed E-state index contributed by atoms with van der Waals surface area (Å²) in [4.78, 5) is 14.7. The highest BCUT2D eigenvalue weighted by atomic mass is 16.5. The molecular weight excluding hydrogens is 264 g/mol. The zero-order valence-corrected chi connectivity index (χ0v) is 13.1. The van der Waals surface area contributed by atoms with Crippen LogP contribution in [-0.2, 0) is 11.2 Å². The quantitative estimate of drug-likeness (QED) is 0.836. The van der Waals surface area contributed by atoms with E-state index in [0.29, 0.717) is 6.54 Å². The highest BCUT2D eigenvalue weighted by Gasteiger charge is 2.23. The van der Waals surface area contributed by atoms with Gasteiger partial charge in [-0.3, -0.25) is 4.79 Å². The van der Waals surface area contributed by atoms with Crippen LogP contribution in [0.3, 0.4) is 0 Å². The van der Waals surface area contributed by atoms with Crippen LogP contribution in [0, 0.1) is 0 Å². The summed E-state index contributed by atoms with van der Waals surface area (Å²) in [5.74, 6) is 0.125. The normalized spacial score (nSPS) is 17.9. The molecule has 0 spiro atoms. The number of nitrogens with one attached hydrogen (secondary N) is 1. The van der Waals surface area contributed by atoms with E-state index < -0.39 is 0 Å². The minimum atomic E-state index is 0.125. The Hall–Kier alpha value is -1.39. The zero-order chi connectivity index (χ0) is 15.1. The molecule has 2 rings (SSSR count). The number of benzene rings is 1. The Morgan fingerprint density at radius 2 is 2.24 bits per heavy atom. The number of carbonyl (C=O) groups excluding carboxylic acids is 1. The van der Waals surface area contributed by atoms with Crippen LogP contribution in [-0.4, -0.2) is 50.2 Å². The molecule has 0 radical (unpaired) electrons. The fourth-order valence-corrected chi connectivity index (χ4v) is 2.77. The first-order valence-corrected chi connectivity index (χ1v) is 7.89. The molecule has 4 heteroatoms. The number of hydrogen-bond acceptors (Lipinski definition) is 3. The Morgan fingerprint density at radius 1 is 1.43 bits per heavy atom. The van der Waals surface area contributed by atoms with E-state index in [9.17, 15) is 4.79 Å². The molecule has 1 heterocycles. The molecule has 1 amide bonds. The summed E-state index contributed by atoms with van der Waals surface area (Å²) in [5.41, 5.74) is 1.94. The molecule has 0 aromatic heterocycles. The molecule has 4 nitrogen and oxygen atoms in total. The van der Waals surface area contributed by atoms with Crippen molar-refractivity contribution in [2.24, 2.45) is 0 Å². The molecule has 1 aromatic carbocycles. The second-order valence-corrected chi connectivity index (χ2v) is 5.49. The van der Waals surface area contributed by atoms with Crippen LogP contribution in [0.4, 0.5) is 0 Å². The maximum Gasteiger partial charge on any atom is 0.254 e. The van der Waals surface area contributed by atoms with Gasteiger partial charge in [0.05, 0.1) is 6.10 Å². The minimum Gasteiger partial charge on any atom is -0.376 e. The molecule has 1 N–H and O–H groups in total. The Kier molecular flexibility index (Phi) is 6.21. The van der Waals surface area contributed by atoms with Crippen LogP contribution in [0.15, 0.2) is 24.3 Å². The van der Waals surface area contributed by atoms with Crippen molar-refractivity contribution in [1.29, 1.82) is 0 Å². The first-order valence-electron chi connectivity index (χ1n) is 7.89. The van der Waals surface area contributed by atoms with Crippen LogP contribution in [0.5, 0.6) is 0 Å². The molecule has 1 saturated heterocycles. The fraction of sp³-hybridized carbons (Fsp3) is 0.588. The van der Waals surface area contributed by atoms with Gasteiger partial charge >= 0.3 is 0 Å². The summed E-state index contributed by atoms with van der Waals surface area (Å²) in [6.45, 7) is 5.16. The van der Waals surface area contributed by atoms with Gasteiger partial charge in [-0.05, 0) is 51.4 Å². The number of likely N-dealkylation sites (N-methyl/N-ethyl adjacent to an activating group) is 2. The van der Waals surface area contributed by atoms with E-state index in [1.165, 1.54) is 0 Å². The third-order valence-corrected chi connectivity index (χ3v) is 4.01. The van der Waals surface area contributed by atoms with E-state index in [2.05, 4.69) is 5.32 Å². The molecule has 0 aliphatic carbocycles. The summed E-state index contributed by atoms with van der Waals surface area (Å²) in [6, 6.07) is 7.92. The van der Waals surface area contributed by atoms with Crippen molar-refractivity contribution < 1.29 is 9.53 Å². The molecule has 1 aliphatic heterocycles. The van der Waals surface area contributed by atoms with Gasteiger partial charge in [-0.25, -0.2) is 0 Å². The third-order valence-electron chi connectivity index (χ3n) is 4.01. The summed E-state index contributed by atoms with van der Waals surface area (Å²) >= 11 is 0. The number of rotatable bonds is 7. The molecule has 1 unspecified atom stereocenters. The predicted molar refractivity (Wildman–Crippen MR) is 84.6 cm³/mol. The number of ether oxygens (including phenoxy) is 1. The summed E-state index contributed by atoms with van der Waals surface area (Å²) < 4.78 is 5.66. The minimum absolute atomic E-state index is 0.125. The average molecular weight is 290 g/mol. The average Bonchev–Trinajstić information content (AvgIpc) is 3.03. The number of amides is 1. The van der Waals surface area contributed by atoms with Crippen molar-refractivity contribution >= 4 is 5.91 Å². The smallest absolute Gasteiger partial charge is 0.254 e. The molecular formula is C17H26N2O2. The second-order valence-electron chi connectivity index (χ2n) is 5.49. The van der Waals surface area contributed by atoms with Gasteiger partial charge in [0, 0.05) is 25.3 Å². The van der Waals surface area contributed by atoms with E-state index in [1.54, 1.807) is 0 Å². The Bertz CT molecular complexity index is 456. The molecule has 21 heavy (non-hydrogen) atoms. The second kappa shape index (κ2) is 8.15. The van der Waals surface area contributed by atoms with E-state index in [1.807, 2.05) is 43.1 Å². The van der Waals surface area contributed by atoms with Crippen LogP contribution in [0.2, 0.25) is 0 Å². The van der Waals surface area contributed by atoms with Crippen LogP contribution in [0.25, 0.3) is 0 Å². The lowest BCUT2D eigenvalue weighted by Crippen LogP contribution is -2.37. The molecule has 0 bridgehead atoms. The SMILES string of the molecule is CCN(CC1CCCO1)C(=O)c1ccccc1CCNC. The number of hydrogen-bond donors (Lipinski definition) is 1. The monoisotopic (exact) mass is 290 g/mol. The van der Waals surface area contributed by atoms with Gasteiger partial charge in [-0.1, -0.05) is 18.2 Å². The van der Waals surface area contributed by atoms with Gasteiger partial charge in [0.2, 0.25) is 0 Å². The maximum atomic E-state index is 12.8. The molecule has 1 aliphatic rings. The van der Waals surface area contributed by atoms with E-state index in [-0.39, 0.29) is 12.0 Å². The van der Waals surface area contributed by atoms with Gasteiger partial charge in [0.15, 0.2) is 0 Å². The van der Waals surface area contributed by atoms with Crippen molar-refractivity contribution in [1.82, 2.24) is 10.2 Å². The highest BCUT2D eigenvalue weighted by molar-refractivity contribution is 5.95. The van der Waals surface area contributed by atoms with Gasteiger partial charge < -0.3 is 15.0 Å². The first kappa shape index (κ1) is 16.0. The van der Waals surface area contributed by atoms with Crippen LogP contribution < -0.4 is 5.32 Å². The van der Waals surface area contributed by atoms with Crippen molar-refractivity contribution in [3.63, 3.8) is 0 Å². The summed E-state index contributed by atoms with van der Waals surface area (Å²) in [7, 11) is 1.93. The Morgan fingerprint density at radius 3 is 2.90 bits per heavy atom. The lowest BCUT2D eigenvalue weighted by molar-refractivity contribution is 0.0538. The number of nitrogens with zero attached hydrogens (tertiary/aromatic N) is 1. The molecule has 0 saturated carbocycles. The molecule has 116 valence electrons. The van der Waals surface area contributed by atoms with Gasteiger partial charge in [-0.15, -0.1) is 0 Å². The van der Waals surface area contributed by atoms with Crippen molar-refractivity contribution in [2.75, 3.05) is 33.3 Å². The number of carbonyl (C=O) groups is 1. The van der Waals surface area contributed by atoms with Crippen molar-refractivity contribution in [3.8, 4) is 0 Å². The standard InChI is InChI=1S/C17H26N2O2/c1-3-19(13-15-8-6-12-21-15)17(20)16-9-5-4-7-14(16)10-11-18-2/h4-5,7,9,15,18H,3,6,8,10-13H2,1-2H3. The van der Waals surface area contributed by atoms with Gasteiger partial charge in [-0.2, -0.15) is 0 Å². The van der Waals surface area contributed by atoms with Crippen molar-refractivity contribution in [2.45, 2.75) is 32.3 Å². The summed E-state index contributed by atoms with van der Waals surface area (Å²) in [5, 5.41) is 3.14. The Balaban J connectivity index is 2.08. The lowest BCUT2D eigenvalue weighted by atomic mass is 10.0. The molecule has 1 atom stereocenters. The topological polar surface area (TPSA) is 41.6 Å². The molecule has 1 fully saturated rings. The largest absolute Gasteiger partial charge is 0.376 e. The third kappa shape index (κ3) is 4.29. The van der Waals surface area contributed by atoms with E-state index >= 15 is 0 Å². The van der Waals surface area contributed by atoms with Gasteiger partial charge in [0.1, 0.15) is 0 Å². The zero-order valence-electron chi connectivity index (χ0n) is 13.1. The van der Waals surface area contributed by atoms with Gasteiger partial charge in [0.25, 0.3) is 5.91 Å². The lowest BCUT2D eigenvalue weighted by Gasteiger charge is -2.25. The van der Waals surface area contributed by atoms with Crippen LogP contribution >= 0.6 is 0 Å². The van der Waals surface area contributed by atoms with Crippen LogP contribution in [0.1, 0.15) is 35.7 Å². The predicted octanol–water partition coefficient (Wildman–Crippen LogP) is 2.09. The first-order chi connectivity index (χ1) is 10.3. The Labute approximate surface area is 127 Å². The molecule has 1 aromatic rings. The highest BCUT2D eigenvalue weighted by Crippen LogP contribution is 2.17.